The Morgan fingerprint density at radius 2 is 1.44 bits per heavy atom. The Hall–Kier alpha value is -1.09. The average Bonchev–Trinajstić information content (AvgIpc) is 2.38. The van der Waals surface area contributed by atoms with Crippen molar-refractivity contribution in [3.63, 3.8) is 0 Å². The first-order valence-electron chi connectivity index (χ1n) is 5.57. The molecule has 0 aliphatic carbocycles. The second-order valence-corrected chi connectivity index (χ2v) is 3.97. The van der Waals surface area contributed by atoms with E-state index in [-0.39, 0.29) is 29.6 Å². The first kappa shape index (κ1) is 15.0. The van der Waals surface area contributed by atoms with Gasteiger partial charge in [0.2, 0.25) is 0 Å². The summed E-state index contributed by atoms with van der Waals surface area (Å²) in [6.45, 7) is 0. The number of hydrogen-bond acceptors (Lipinski definition) is 2. The van der Waals surface area contributed by atoms with Crippen LogP contribution in [0, 0.1) is 0 Å². The zero-order valence-electron chi connectivity index (χ0n) is 10.4. The quantitative estimate of drug-likeness (QED) is 0.635. The number of hydrogen-bond donors (Lipinski definition) is 0. The van der Waals surface area contributed by atoms with Crippen LogP contribution in [0.1, 0.15) is 17.0 Å². The Morgan fingerprint density at radius 3 is 1.94 bits per heavy atom. The van der Waals surface area contributed by atoms with E-state index in [4.69, 9.17) is 0 Å². The van der Waals surface area contributed by atoms with E-state index in [1.54, 1.807) is 0 Å². The van der Waals surface area contributed by atoms with Crippen molar-refractivity contribution in [3.8, 4) is 0 Å². The van der Waals surface area contributed by atoms with Gasteiger partial charge in [0.15, 0.2) is 0 Å². The Balaban J connectivity index is 0.00000162. The predicted octanol–water partition coefficient (Wildman–Crippen LogP) is -1.23. The molecular formula is C15H13NaO2. The molecule has 0 aromatic heterocycles. The van der Waals surface area contributed by atoms with Crippen LogP contribution in [0.25, 0.3) is 0 Å². The van der Waals surface area contributed by atoms with Gasteiger partial charge in [-0.25, -0.2) is 0 Å². The van der Waals surface area contributed by atoms with Gasteiger partial charge in [0.25, 0.3) is 0 Å². The molecule has 0 heterocycles. The summed E-state index contributed by atoms with van der Waals surface area (Å²) in [7, 11) is 0. The van der Waals surface area contributed by atoms with Crippen molar-refractivity contribution in [2.75, 3.05) is 0 Å². The zero-order chi connectivity index (χ0) is 12.1. The minimum atomic E-state index is -1.03. The second kappa shape index (κ2) is 7.37. The van der Waals surface area contributed by atoms with Crippen LogP contribution in [0.5, 0.6) is 0 Å². The van der Waals surface area contributed by atoms with Crippen LogP contribution in [0.3, 0.4) is 0 Å². The minimum Gasteiger partial charge on any atom is -0.549 e. The third-order valence-electron chi connectivity index (χ3n) is 2.77. The fourth-order valence-electron chi connectivity index (χ4n) is 1.87. The van der Waals surface area contributed by atoms with Gasteiger partial charge in [-0.05, 0) is 17.5 Å². The van der Waals surface area contributed by atoms with Gasteiger partial charge in [-0.2, -0.15) is 0 Å². The topological polar surface area (TPSA) is 40.1 Å². The number of aliphatic carboxylic acids is 1. The third-order valence-corrected chi connectivity index (χ3v) is 2.77. The Kier molecular flexibility index (Phi) is 6.13. The Morgan fingerprint density at radius 1 is 0.944 bits per heavy atom. The minimum absolute atomic E-state index is 0. The molecule has 2 aromatic rings. The van der Waals surface area contributed by atoms with E-state index in [1.165, 1.54) is 0 Å². The predicted molar refractivity (Wildman–Crippen MR) is 64.3 cm³/mol. The molecule has 0 bridgehead atoms. The number of carboxylic acids is 1. The molecule has 2 aromatic carbocycles. The van der Waals surface area contributed by atoms with Gasteiger partial charge in [0, 0.05) is 11.9 Å². The molecule has 0 radical (unpaired) electrons. The van der Waals surface area contributed by atoms with Crippen LogP contribution in [0.2, 0.25) is 0 Å². The molecule has 0 N–H and O–H groups in total. The summed E-state index contributed by atoms with van der Waals surface area (Å²) >= 11 is 0. The first-order chi connectivity index (χ1) is 8.27. The summed E-state index contributed by atoms with van der Waals surface area (Å²) in [5.41, 5.74) is 1.79. The number of carbonyl (C=O) groups excluding carboxylic acids is 1. The maximum Gasteiger partial charge on any atom is 1.00 e. The summed E-state index contributed by atoms with van der Waals surface area (Å²) in [4.78, 5) is 11.2. The van der Waals surface area contributed by atoms with E-state index in [0.717, 1.165) is 11.1 Å². The maximum absolute atomic E-state index is 11.2. The van der Waals surface area contributed by atoms with E-state index in [1.807, 2.05) is 60.7 Å². The van der Waals surface area contributed by atoms with Crippen LogP contribution >= 0.6 is 0 Å². The normalized spacial score (nSPS) is 11.3. The van der Waals surface area contributed by atoms with Crippen LogP contribution in [0.4, 0.5) is 0 Å². The van der Waals surface area contributed by atoms with Crippen LogP contribution in [0.15, 0.2) is 60.7 Å². The molecule has 0 fully saturated rings. The van der Waals surface area contributed by atoms with Crippen molar-refractivity contribution in [1.82, 2.24) is 0 Å². The second-order valence-electron chi connectivity index (χ2n) is 3.97. The maximum atomic E-state index is 11.2. The van der Waals surface area contributed by atoms with Crippen molar-refractivity contribution in [2.24, 2.45) is 0 Å². The molecule has 0 saturated carbocycles. The van der Waals surface area contributed by atoms with Crippen molar-refractivity contribution >= 4 is 5.97 Å². The standard InChI is InChI=1S/C15H14O2.Na/c16-15(17)14(13-9-5-2-6-10-13)11-12-7-3-1-4-8-12;/h1-10,14H,11H2,(H,16,17);/q;+1/p-1. The molecule has 2 nitrogen and oxygen atoms in total. The van der Waals surface area contributed by atoms with Gasteiger partial charge in [0.1, 0.15) is 0 Å². The average molecular weight is 248 g/mol. The van der Waals surface area contributed by atoms with E-state index in [2.05, 4.69) is 0 Å². The van der Waals surface area contributed by atoms with Crippen LogP contribution in [-0.2, 0) is 11.2 Å². The van der Waals surface area contributed by atoms with E-state index < -0.39 is 11.9 Å². The van der Waals surface area contributed by atoms with E-state index >= 15 is 0 Å². The monoisotopic (exact) mass is 248 g/mol. The fraction of sp³-hybridized carbons (Fsp3) is 0.133. The smallest absolute Gasteiger partial charge is 0.549 e. The molecule has 0 saturated heterocycles. The van der Waals surface area contributed by atoms with Crippen molar-refractivity contribution in [1.29, 1.82) is 0 Å². The molecule has 86 valence electrons. The molecule has 0 spiro atoms. The summed E-state index contributed by atoms with van der Waals surface area (Å²) in [6, 6.07) is 18.8. The van der Waals surface area contributed by atoms with E-state index in [0.29, 0.717) is 6.42 Å². The van der Waals surface area contributed by atoms with Crippen LogP contribution < -0.4 is 34.7 Å². The van der Waals surface area contributed by atoms with Gasteiger partial charge in [0.05, 0.1) is 0 Å². The molecule has 1 atom stereocenters. The van der Waals surface area contributed by atoms with Gasteiger partial charge < -0.3 is 9.90 Å². The number of carboxylic acid groups (broad SMARTS) is 1. The van der Waals surface area contributed by atoms with Gasteiger partial charge in [-0.3, -0.25) is 0 Å². The molecular weight excluding hydrogens is 235 g/mol. The molecule has 2 rings (SSSR count). The summed E-state index contributed by atoms with van der Waals surface area (Å²) in [5, 5.41) is 11.2. The largest absolute Gasteiger partial charge is 1.00 e. The van der Waals surface area contributed by atoms with Gasteiger partial charge in [-0.1, -0.05) is 60.7 Å². The molecule has 1 unspecified atom stereocenters. The molecule has 18 heavy (non-hydrogen) atoms. The fourth-order valence-corrected chi connectivity index (χ4v) is 1.87. The first-order valence-corrected chi connectivity index (χ1v) is 5.57. The zero-order valence-corrected chi connectivity index (χ0v) is 12.4. The molecule has 0 aliphatic heterocycles. The van der Waals surface area contributed by atoms with E-state index in [9.17, 15) is 9.90 Å². The Bertz CT molecular complexity index is 482. The molecule has 3 heteroatoms. The van der Waals surface area contributed by atoms with Crippen molar-refractivity contribution in [2.45, 2.75) is 12.3 Å². The van der Waals surface area contributed by atoms with Crippen molar-refractivity contribution < 1.29 is 39.5 Å². The SMILES string of the molecule is O=C([O-])C(Cc1ccccc1)c1ccccc1.[Na+]. The summed E-state index contributed by atoms with van der Waals surface area (Å²) in [6.07, 6.45) is 0.465. The number of rotatable bonds is 4. The van der Waals surface area contributed by atoms with Gasteiger partial charge >= 0.3 is 29.6 Å². The molecule has 0 amide bonds. The van der Waals surface area contributed by atoms with Crippen LogP contribution in [-0.4, -0.2) is 5.97 Å². The van der Waals surface area contributed by atoms with Gasteiger partial charge in [-0.15, -0.1) is 0 Å². The molecule has 0 aliphatic rings. The number of benzene rings is 2. The summed E-state index contributed by atoms with van der Waals surface area (Å²) < 4.78 is 0. The summed E-state index contributed by atoms with van der Waals surface area (Å²) in [5.74, 6) is -1.61. The Labute approximate surface area is 129 Å². The number of carbonyl (C=O) groups is 1. The third kappa shape index (κ3) is 3.98. The van der Waals surface area contributed by atoms with Crippen molar-refractivity contribution in [3.05, 3.63) is 71.8 Å².